The summed E-state index contributed by atoms with van der Waals surface area (Å²) in [5.74, 6) is 0. The molecule has 2 nitrogen and oxygen atoms in total. The molecule has 0 fully saturated rings. The molecule has 2 heteroatoms. The number of aliphatic hydroxyl groups excluding tert-OH is 1. The van der Waals surface area contributed by atoms with Crippen LogP contribution in [0.15, 0.2) is 60.8 Å². The number of aryl methyl sites for hydroxylation is 1. The minimum atomic E-state index is -0.0514. The van der Waals surface area contributed by atoms with Crippen molar-refractivity contribution in [1.82, 2.24) is 4.98 Å². The average molecular weight is 289 g/mol. The molecule has 110 valence electrons. The molecule has 0 aliphatic heterocycles. The zero-order valence-corrected chi connectivity index (χ0v) is 12.9. The lowest BCUT2D eigenvalue weighted by Gasteiger charge is -2.15. The Kier molecular flexibility index (Phi) is 4.03. The number of aliphatic hydroxyl groups is 1. The summed E-state index contributed by atoms with van der Waals surface area (Å²) in [6.07, 6.45) is 1.72. The fourth-order valence-electron chi connectivity index (χ4n) is 2.87. The second-order valence-corrected chi connectivity index (χ2v) is 5.51. The maximum Gasteiger partial charge on any atom is 0.0859 e. The molecule has 1 aromatic heterocycles. The van der Waals surface area contributed by atoms with E-state index in [0.717, 1.165) is 16.8 Å². The molecule has 0 aliphatic rings. The van der Waals surface area contributed by atoms with Crippen molar-refractivity contribution in [3.8, 4) is 22.3 Å². The van der Waals surface area contributed by atoms with Gasteiger partial charge >= 0.3 is 0 Å². The predicted molar refractivity (Wildman–Crippen MR) is 90.5 cm³/mol. The highest BCUT2D eigenvalue weighted by molar-refractivity contribution is 5.80. The molecule has 0 bridgehead atoms. The van der Waals surface area contributed by atoms with Gasteiger partial charge in [-0.15, -0.1) is 0 Å². The number of hydrogen-bond donors (Lipinski definition) is 1. The fourth-order valence-corrected chi connectivity index (χ4v) is 2.87. The smallest absolute Gasteiger partial charge is 0.0859 e. The first-order valence-corrected chi connectivity index (χ1v) is 7.42. The van der Waals surface area contributed by atoms with E-state index < -0.39 is 0 Å². The van der Waals surface area contributed by atoms with Crippen molar-refractivity contribution < 1.29 is 5.11 Å². The van der Waals surface area contributed by atoms with Gasteiger partial charge in [-0.05, 0) is 47.7 Å². The summed E-state index contributed by atoms with van der Waals surface area (Å²) in [7, 11) is 0. The van der Waals surface area contributed by atoms with E-state index in [1.165, 1.54) is 22.3 Å². The first kappa shape index (κ1) is 14.5. The van der Waals surface area contributed by atoms with Gasteiger partial charge in [0.25, 0.3) is 0 Å². The van der Waals surface area contributed by atoms with Crippen LogP contribution in [0.3, 0.4) is 0 Å². The zero-order valence-electron chi connectivity index (χ0n) is 12.9. The van der Waals surface area contributed by atoms with Crippen molar-refractivity contribution in [1.29, 1.82) is 0 Å². The number of benzene rings is 2. The van der Waals surface area contributed by atoms with E-state index in [0.29, 0.717) is 0 Å². The van der Waals surface area contributed by atoms with Gasteiger partial charge in [0, 0.05) is 11.8 Å². The van der Waals surface area contributed by atoms with Gasteiger partial charge in [-0.1, -0.05) is 48.5 Å². The van der Waals surface area contributed by atoms with E-state index in [4.69, 9.17) is 0 Å². The van der Waals surface area contributed by atoms with Crippen LogP contribution in [0, 0.1) is 13.8 Å². The Bertz CT molecular complexity index is 794. The van der Waals surface area contributed by atoms with E-state index in [9.17, 15) is 5.11 Å². The van der Waals surface area contributed by atoms with Crippen molar-refractivity contribution in [3.05, 3.63) is 77.6 Å². The molecule has 2 aromatic carbocycles. The molecule has 0 amide bonds. The second-order valence-electron chi connectivity index (χ2n) is 5.51. The van der Waals surface area contributed by atoms with Gasteiger partial charge in [-0.3, -0.25) is 4.98 Å². The van der Waals surface area contributed by atoms with Gasteiger partial charge in [0.2, 0.25) is 0 Å². The first-order chi connectivity index (χ1) is 10.7. The molecule has 1 heterocycles. The molecule has 0 atom stereocenters. The normalized spacial score (nSPS) is 10.7. The van der Waals surface area contributed by atoms with E-state index in [1.54, 1.807) is 6.20 Å². The summed E-state index contributed by atoms with van der Waals surface area (Å²) in [5.41, 5.74) is 7.70. The topological polar surface area (TPSA) is 33.1 Å². The summed E-state index contributed by atoms with van der Waals surface area (Å²) in [6.45, 7) is 4.18. The van der Waals surface area contributed by atoms with Crippen LogP contribution >= 0.6 is 0 Å². The molecule has 0 unspecified atom stereocenters. The summed E-state index contributed by atoms with van der Waals surface area (Å²) in [6, 6.07) is 18.7. The first-order valence-electron chi connectivity index (χ1n) is 7.42. The third-order valence-corrected chi connectivity index (χ3v) is 3.97. The van der Waals surface area contributed by atoms with Gasteiger partial charge in [0.1, 0.15) is 0 Å². The summed E-state index contributed by atoms with van der Waals surface area (Å²) >= 11 is 0. The number of nitrogens with zero attached hydrogens (tertiary/aromatic N) is 1. The molecular formula is C20H19NO. The molecule has 0 saturated heterocycles. The fraction of sp³-hybridized carbons (Fsp3) is 0.150. The molecule has 22 heavy (non-hydrogen) atoms. The summed E-state index contributed by atoms with van der Waals surface area (Å²) in [4.78, 5) is 4.30. The SMILES string of the molecule is Cc1cc(-c2ccccc2)c(C)c(-c2cccnc2CO)c1. The molecule has 3 rings (SSSR count). The van der Waals surface area contributed by atoms with E-state index in [2.05, 4.69) is 55.2 Å². The van der Waals surface area contributed by atoms with Crippen LogP contribution in [0.4, 0.5) is 0 Å². The molecule has 0 saturated carbocycles. The Balaban J connectivity index is 2.24. The van der Waals surface area contributed by atoms with Crippen LogP contribution in [0.5, 0.6) is 0 Å². The van der Waals surface area contributed by atoms with E-state index in [1.807, 2.05) is 18.2 Å². The largest absolute Gasteiger partial charge is 0.390 e. The van der Waals surface area contributed by atoms with Gasteiger partial charge in [0.15, 0.2) is 0 Å². The molecule has 3 aromatic rings. The molecule has 1 N–H and O–H groups in total. The van der Waals surface area contributed by atoms with Crippen molar-refractivity contribution >= 4 is 0 Å². The standard InChI is InChI=1S/C20H19NO/c1-14-11-18(16-7-4-3-5-8-16)15(2)19(12-14)17-9-6-10-21-20(17)13-22/h3-12,22H,13H2,1-2H3. The highest BCUT2D eigenvalue weighted by Crippen LogP contribution is 2.34. The highest BCUT2D eigenvalue weighted by Gasteiger charge is 2.12. The quantitative estimate of drug-likeness (QED) is 0.768. The minimum absolute atomic E-state index is 0.0514. The zero-order chi connectivity index (χ0) is 15.5. The maximum absolute atomic E-state index is 9.56. The van der Waals surface area contributed by atoms with Crippen molar-refractivity contribution in [2.24, 2.45) is 0 Å². The van der Waals surface area contributed by atoms with Crippen molar-refractivity contribution in [3.63, 3.8) is 0 Å². The third kappa shape index (κ3) is 2.66. The Morgan fingerprint density at radius 2 is 1.59 bits per heavy atom. The average Bonchev–Trinajstić information content (AvgIpc) is 2.57. The number of pyridine rings is 1. The summed E-state index contributed by atoms with van der Waals surface area (Å²) < 4.78 is 0. The lowest BCUT2D eigenvalue weighted by atomic mass is 9.90. The van der Waals surface area contributed by atoms with Crippen LogP contribution in [-0.4, -0.2) is 10.1 Å². The minimum Gasteiger partial charge on any atom is -0.390 e. The lowest BCUT2D eigenvalue weighted by Crippen LogP contribution is -1.97. The van der Waals surface area contributed by atoms with Crippen LogP contribution in [-0.2, 0) is 6.61 Å². The molecule has 0 aliphatic carbocycles. The van der Waals surface area contributed by atoms with Crippen LogP contribution < -0.4 is 0 Å². The number of rotatable bonds is 3. The maximum atomic E-state index is 9.56. The monoisotopic (exact) mass is 289 g/mol. The Morgan fingerprint density at radius 1 is 0.864 bits per heavy atom. The third-order valence-electron chi connectivity index (χ3n) is 3.97. The Labute approximate surface area is 131 Å². The van der Waals surface area contributed by atoms with Gasteiger partial charge in [-0.25, -0.2) is 0 Å². The lowest BCUT2D eigenvalue weighted by molar-refractivity contribution is 0.277. The van der Waals surface area contributed by atoms with Crippen molar-refractivity contribution in [2.45, 2.75) is 20.5 Å². The molecule has 0 radical (unpaired) electrons. The number of hydrogen-bond acceptors (Lipinski definition) is 2. The van der Waals surface area contributed by atoms with Crippen LogP contribution in [0.25, 0.3) is 22.3 Å². The van der Waals surface area contributed by atoms with Crippen LogP contribution in [0.2, 0.25) is 0 Å². The predicted octanol–water partition coefficient (Wildman–Crippen LogP) is 4.52. The van der Waals surface area contributed by atoms with Gasteiger partial charge in [0.05, 0.1) is 12.3 Å². The highest BCUT2D eigenvalue weighted by atomic mass is 16.3. The number of aromatic nitrogens is 1. The van der Waals surface area contributed by atoms with E-state index in [-0.39, 0.29) is 6.61 Å². The molecular weight excluding hydrogens is 270 g/mol. The van der Waals surface area contributed by atoms with Gasteiger partial charge in [-0.2, -0.15) is 0 Å². The Hall–Kier alpha value is -2.45. The van der Waals surface area contributed by atoms with Gasteiger partial charge < -0.3 is 5.11 Å². The second kappa shape index (κ2) is 6.12. The Morgan fingerprint density at radius 3 is 2.32 bits per heavy atom. The van der Waals surface area contributed by atoms with E-state index >= 15 is 0 Å². The molecule has 0 spiro atoms. The van der Waals surface area contributed by atoms with Crippen molar-refractivity contribution in [2.75, 3.05) is 0 Å². The van der Waals surface area contributed by atoms with Crippen LogP contribution in [0.1, 0.15) is 16.8 Å². The summed E-state index contributed by atoms with van der Waals surface area (Å²) in [5, 5.41) is 9.56.